The fraction of sp³-hybridized carbons (Fsp3) is 0.267. The molecular formula is C15H14ClN5. The number of fused-ring (bicyclic) bond motifs is 1. The first kappa shape index (κ1) is 13.7. The summed E-state index contributed by atoms with van der Waals surface area (Å²) in [4.78, 5) is 4.62. The molecule has 106 valence electrons. The van der Waals surface area contributed by atoms with Gasteiger partial charge in [0.15, 0.2) is 0 Å². The third-order valence-corrected chi connectivity index (χ3v) is 3.82. The lowest BCUT2D eigenvalue weighted by Gasteiger charge is -2.10. The molecule has 1 atom stereocenters. The van der Waals surface area contributed by atoms with Gasteiger partial charge >= 0.3 is 0 Å². The van der Waals surface area contributed by atoms with Crippen LogP contribution in [-0.4, -0.2) is 28.1 Å². The Kier molecular flexibility index (Phi) is 3.40. The van der Waals surface area contributed by atoms with E-state index in [-0.39, 0.29) is 6.04 Å². The van der Waals surface area contributed by atoms with Crippen LogP contribution in [0.25, 0.3) is 0 Å². The van der Waals surface area contributed by atoms with Crippen LogP contribution in [0.15, 0.2) is 29.3 Å². The molecule has 0 saturated heterocycles. The van der Waals surface area contributed by atoms with Gasteiger partial charge in [-0.25, -0.2) is 0 Å². The number of anilines is 1. The summed E-state index contributed by atoms with van der Waals surface area (Å²) < 4.78 is 1.74. The normalized spacial score (nSPS) is 17.2. The maximum atomic E-state index is 9.21. The molecule has 1 aliphatic rings. The van der Waals surface area contributed by atoms with Crippen LogP contribution in [0.2, 0.25) is 5.02 Å². The minimum absolute atomic E-state index is 0.376. The van der Waals surface area contributed by atoms with Gasteiger partial charge in [0.05, 0.1) is 29.6 Å². The Morgan fingerprint density at radius 3 is 2.90 bits per heavy atom. The van der Waals surface area contributed by atoms with Crippen LogP contribution in [-0.2, 0) is 7.05 Å². The van der Waals surface area contributed by atoms with Crippen LogP contribution in [0.4, 0.5) is 5.82 Å². The Hall–Kier alpha value is -2.32. The van der Waals surface area contributed by atoms with Gasteiger partial charge in [-0.15, -0.1) is 0 Å². The Bertz CT molecular complexity index is 769. The van der Waals surface area contributed by atoms with E-state index in [2.05, 4.69) is 21.5 Å². The second-order valence-corrected chi connectivity index (χ2v) is 5.33. The van der Waals surface area contributed by atoms with Gasteiger partial charge in [0.2, 0.25) is 0 Å². The van der Waals surface area contributed by atoms with Crippen molar-refractivity contribution in [1.29, 1.82) is 5.26 Å². The SMILES string of the molecule is Cc1nn(C)c2c1C(c1ccccc1Cl)=NCC(C#N)N2. The molecule has 0 amide bonds. The molecule has 0 radical (unpaired) electrons. The lowest BCUT2D eigenvalue weighted by Crippen LogP contribution is -2.21. The number of nitrogens with zero attached hydrogens (tertiary/aromatic N) is 4. The average Bonchev–Trinajstić information content (AvgIpc) is 2.65. The van der Waals surface area contributed by atoms with Crippen LogP contribution in [0.5, 0.6) is 0 Å². The van der Waals surface area contributed by atoms with E-state index in [1.807, 2.05) is 38.2 Å². The third-order valence-electron chi connectivity index (χ3n) is 3.49. The summed E-state index contributed by atoms with van der Waals surface area (Å²) in [6, 6.07) is 9.42. The first-order valence-electron chi connectivity index (χ1n) is 6.61. The third kappa shape index (κ3) is 2.28. The van der Waals surface area contributed by atoms with Gasteiger partial charge in [-0.3, -0.25) is 9.67 Å². The van der Waals surface area contributed by atoms with Crippen LogP contribution < -0.4 is 5.32 Å². The molecule has 0 aliphatic carbocycles. The number of aromatic nitrogens is 2. The monoisotopic (exact) mass is 299 g/mol. The number of rotatable bonds is 1. The first-order valence-corrected chi connectivity index (χ1v) is 6.99. The Morgan fingerprint density at radius 1 is 1.43 bits per heavy atom. The van der Waals surface area contributed by atoms with Crippen molar-refractivity contribution in [2.75, 3.05) is 11.9 Å². The Morgan fingerprint density at radius 2 is 2.19 bits per heavy atom. The van der Waals surface area contributed by atoms with Crippen LogP contribution in [0, 0.1) is 18.3 Å². The van der Waals surface area contributed by atoms with E-state index in [4.69, 9.17) is 11.6 Å². The number of halogens is 1. The number of hydrogen-bond donors (Lipinski definition) is 1. The van der Waals surface area contributed by atoms with Crippen molar-refractivity contribution < 1.29 is 0 Å². The zero-order valence-corrected chi connectivity index (χ0v) is 12.5. The molecule has 1 aromatic carbocycles. The maximum absolute atomic E-state index is 9.21. The van der Waals surface area contributed by atoms with Crippen LogP contribution in [0.1, 0.15) is 16.8 Å². The Balaban J connectivity index is 2.24. The lowest BCUT2D eigenvalue weighted by molar-refractivity contribution is 0.748. The molecule has 5 nitrogen and oxygen atoms in total. The van der Waals surface area contributed by atoms with E-state index >= 15 is 0 Å². The topological polar surface area (TPSA) is 66.0 Å². The second-order valence-electron chi connectivity index (χ2n) is 4.93. The smallest absolute Gasteiger partial charge is 0.135 e. The molecule has 3 rings (SSSR count). The summed E-state index contributed by atoms with van der Waals surface area (Å²) in [7, 11) is 1.85. The molecule has 1 aliphatic heterocycles. The highest BCUT2D eigenvalue weighted by Gasteiger charge is 2.26. The van der Waals surface area contributed by atoms with Gasteiger partial charge < -0.3 is 5.32 Å². The number of nitriles is 1. The molecule has 0 fully saturated rings. The maximum Gasteiger partial charge on any atom is 0.135 e. The van der Waals surface area contributed by atoms with Gasteiger partial charge in [-0.2, -0.15) is 10.4 Å². The summed E-state index contributed by atoms with van der Waals surface area (Å²) in [6.45, 7) is 2.31. The fourth-order valence-electron chi connectivity index (χ4n) is 2.53. The van der Waals surface area contributed by atoms with Gasteiger partial charge in [-0.1, -0.05) is 29.8 Å². The first-order chi connectivity index (χ1) is 10.1. The standard InChI is InChI=1S/C15H14ClN5/c1-9-13-14(11-5-3-4-6-12(11)16)18-8-10(7-17)19-15(13)21(2)20-9/h3-6,10,19H,8H2,1-2H3. The van der Waals surface area contributed by atoms with E-state index in [1.54, 1.807) is 4.68 Å². The molecular weight excluding hydrogens is 286 g/mol. The zero-order valence-electron chi connectivity index (χ0n) is 11.8. The molecule has 0 spiro atoms. The lowest BCUT2D eigenvalue weighted by atomic mass is 10.0. The van der Waals surface area contributed by atoms with Gasteiger partial charge in [0, 0.05) is 17.6 Å². The molecule has 0 bridgehead atoms. The van der Waals surface area contributed by atoms with Crippen molar-refractivity contribution in [3.8, 4) is 6.07 Å². The molecule has 1 unspecified atom stereocenters. The predicted octanol–water partition coefficient (Wildman–Crippen LogP) is 2.54. The van der Waals surface area contributed by atoms with Crippen LogP contribution >= 0.6 is 11.6 Å². The summed E-state index contributed by atoms with van der Waals surface area (Å²) >= 11 is 6.31. The molecule has 2 heterocycles. The van der Waals surface area contributed by atoms with Gasteiger partial charge in [0.1, 0.15) is 11.9 Å². The molecule has 0 saturated carbocycles. The van der Waals surface area contributed by atoms with Gasteiger partial charge in [0.25, 0.3) is 0 Å². The van der Waals surface area contributed by atoms with Crippen molar-refractivity contribution in [2.24, 2.45) is 12.0 Å². The highest BCUT2D eigenvalue weighted by atomic mass is 35.5. The fourth-order valence-corrected chi connectivity index (χ4v) is 2.75. The number of aliphatic imine (C=N–C) groups is 1. The van der Waals surface area contributed by atoms with Crippen LogP contribution in [0.3, 0.4) is 0 Å². The van der Waals surface area contributed by atoms with E-state index in [1.165, 1.54) is 0 Å². The van der Waals surface area contributed by atoms with Gasteiger partial charge in [-0.05, 0) is 13.0 Å². The Labute approximate surface area is 127 Å². The summed E-state index contributed by atoms with van der Waals surface area (Å²) in [6.07, 6.45) is 0. The van der Waals surface area contributed by atoms with Crippen molar-refractivity contribution in [3.63, 3.8) is 0 Å². The van der Waals surface area contributed by atoms with Crippen molar-refractivity contribution in [1.82, 2.24) is 9.78 Å². The summed E-state index contributed by atoms with van der Waals surface area (Å²) in [5, 5.41) is 17.5. The highest BCUT2D eigenvalue weighted by molar-refractivity contribution is 6.36. The zero-order chi connectivity index (χ0) is 15.0. The molecule has 1 N–H and O–H groups in total. The quantitative estimate of drug-likeness (QED) is 0.880. The minimum atomic E-state index is -0.376. The number of hydrogen-bond acceptors (Lipinski definition) is 4. The van der Waals surface area contributed by atoms with Crippen molar-refractivity contribution in [2.45, 2.75) is 13.0 Å². The van der Waals surface area contributed by atoms with E-state index in [0.29, 0.717) is 11.6 Å². The van der Waals surface area contributed by atoms with E-state index in [9.17, 15) is 5.26 Å². The van der Waals surface area contributed by atoms with E-state index < -0.39 is 0 Å². The summed E-state index contributed by atoms with van der Waals surface area (Å²) in [5.74, 6) is 0.801. The van der Waals surface area contributed by atoms with E-state index in [0.717, 1.165) is 28.4 Å². The summed E-state index contributed by atoms with van der Waals surface area (Å²) in [5.41, 5.74) is 3.41. The molecule has 2 aromatic rings. The predicted molar refractivity (Wildman–Crippen MR) is 82.9 cm³/mol. The molecule has 6 heteroatoms. The largest absolute Gasteiger partial charge is 0.353 e. The van der Waals surface area contributed by atoms with Crippen molar-refractivity contribution in [3.05, 3.63) is 46.1 Å². The average molecular weight is 300 g/mol. The number of nitrogens with one attached hydrogen (secondary N) is 1. The van der Waals surface area contributed by atoms with Crippen molar-refractivity contribution >= 4 is 23.1 Å². The number of benzene rings is 1. The minimum Gasteiger partial charge on any atom is -0.353 e. The second kappa shape index (κ2) is 5.23. The highest BCUT2D eigenvalue weighted by Crippen LogP contribution is 2.28. The molecule has 1 aromatic heterocycles. The number of aryl methyl sites for hydroxylation is 2. The molecule has 21 heavy (non-hydrogen) atoms.